The second-order valence-corrected chi connectivity index (χ2v) is 9.45. The number of sulfonamides is 1. The van der Waals surface area contributed by atoms with Crippen LogP contribution < -0.4 is 14.9 Å². The summed E-state index contributed by atoms with van der Waals surface area (Å²) in [4.78, 5) is 14.5. The van der Waals surface area contributed by atoms with Gasteiger partial charge in [0.2, 0.25) is 10.0 Å². The number of hydrogen-bond acceptors (Lipinski definition) is 4. The Kier molecular flexibility index (Phi) is 6.19. The molecule has 0 atom stereocenters. The highest BCUT2D eigenvalue weighted by atomic mass is 35.5. The highest BCUT2D eigenvalue weighted by molar-refractivity contribution is 7.89. The third kappa shape index (κ3) is 5.45. The molecule has 6 nitrogen and oxygen atoms in total. The average molecular weight is 410 g/mol. The molecule has 2 N–H and O–H groups in total. The van der Waals surface area contributed by atoms with Gasteiger partial charge in [0.1, 0.15) is 0 Å². The fraction of sp³-hybridized carbons (Fsp3) is 0.316. The monoisotopic (exact) mass is 409 g/mol. The first-order valence-corrected chi connectivity index (χ1v) is 10.2. The number of hydrogen-bond donors (Lipinski definition) is 2. The van der Waals surface area contributed by atoms with Gasteiger partial charge in [0, 0.05) is 25.2 Å². The molecule has 0 saturated carbocycles. The van der Waals surface area contributed by atoms with Gasteiger partial charge in [-0.1, -0.05) is 17.7 Å². The number of amides is 1. The van der Waals surface area contributed by atoms with E-state index in [9.17, 15) is 13.2 Å². The number of nitrogens with one attached hydrogen (secondary N) is 2. The molecule has 146 valence electrons. The zero-order valence-corrected chi connectivity index (χ0v) is 17.6. The maximum absolute atomic E-state index is 12.6. The molecule has 8 heteroatoms. The van der Waals surface area contributed by atoms with Crippen LogP contribution in [-0.2, 0) is 10.0 Å². The first kappa shape index (κ1) is 21.2. The minimum Gasteiger partial charge on any atom is -0.375 e. The standard InChI is InChI=1S/C19H24ClN3O3S/c1-19(2,3)22-27(25,26)14-11-9-13(10-12-14)18(24)21-16-8-6-7-15(20)17(16)23(4)5/h6-12,22H,1-5H3,(H,21,24). The fourth-order valence-corrected chi connectivity index (χ4v) is 4.27. The Hall–Kier alpha value is -2.09. The smallest absolute Gasteiger partial charge is 0.255 e. The van der Waals surface area contributed by atoms with Crippen molar-refractivity contribution >= 4 is 38.9 Å². The molecule has 0 fully saturated rings. The lowest BCUT2D eigenvalue weighted by Crippen LogP contribution is -2.40. The van der Waals surface area contributed by atoms with Gasteiger partial charge in [0.25, 0.3) is 5.91 Å². The van der Waals surface area contributed by atoms with Gasteiger partial charge in [-0.05, 0) is 57.2 Å². The van der Waals surface area contributed by atoms with Gasteiger partial charge in [0.05, 0.1) is 21.3 Å². The molecule has 0 aliphatic carbocycles. The van der Waals surface area contributed by atoms with Crippen molar-refractivity contribution in [3.8, 4) is 0 Å². The lowest BCUT2D eigenvalue weighted by molar-refractivity contribution is 0.102. The van der Waals surface area contributed by atoms with Crippen LogP contribution in [0.1, 0.15) is 31.1 Å². The zero-order chi connectivity index (χ0) is 20.4. The van der Waals surface area contributed by atoms with E-state index in [1.807, 2.05) is 19.0 Å². The first-order chi connectivity index (χ1) is 12.4. The highest BCUT2D eigenvalue weighted by Gasteiger charge is 2.22. The topological polar surface area (TPSA) is 78.5 Å². The molecule has 0 aliphatic heterocycles. The van der Waals surface area contributed by atoms with Gasteiger partial charge in [-0.3, -0.25) is 4.79 Å². The lowest BCUT2D eigenvalue weighted by Gasteiger charge is -2.20. The molecule has 27 heavy (non-hydrogen) atoms. The summed E-state index contributed by atoms with van der Waals surface area (Å²) in [6.07, 6.45) is 0. The van der Waals surface area contributed by atoms with Crippen LogP contribution in [0.4, 0.5) is 11.4 Å². The van der Waals surface area contributed by atoms with E-state index in [2.05, 4.69) is 10.0 Å². The predicted molar refractivity (Wildman–Crippen MR) is 110 cm³/mol. The van der Waals surface area contributed by atoms with E-state index >= 15 is 0 Å². The van der Waals surface area contributed by atoms with E-state index in [0.29, 0.717) is 22.0 Å². The molecule has 0 saturated heterocycles. The second kappa shape index (κ2) is 7.88. The van der Waals surface area contributed by atoms with Crippen molar-refractivity contribution in [2.45, 2.75) is 31.2 Å². The van der Waals surface area contributed by atoms with Crippen LogP contribution in [0.15, 0.2) is 47.4 Å². The minimum absolute atomic E-state index is 0.103. The number of carbonyl (C=O) groups is 1. The van der Waals surface area contributed by atoms with Gasteiger partial charge in [-0.2, -0.15) is 0 Å². The van der Waals surface area contributed by atoms with E-state index in [0.717, 1.165) is 0 Å². The number of rotatable bonds is 5. The van der Waals surface area contributed by atoms with Crippen LogP contribution in [0, 0.1) is 0 Å². The maximum Gasteiger partial charge on any atom is 0.255 e. The molecular formula is C19H24ClN3O3S. The van der Waals surface area contributed by atoms with Crippen molar-refractivity contribution in [1.82, 2.24) is 4.72 Å². The fourth-order valence-electron chi connectivity index (χ4n) is 2.51. The van der Waals surface area contributed by atoms with Crippen LogP contribution >= 0.6 is 11.6 Å². The normalized spacial score (nSPS) is 11.9. The van der Waals surface area contributed by atoms with E-state index in [1.54, 1.807) is 39.0 Å². The van der Waals surface area contributed by atoms with Crippen molar-refractivity contribution in [3.63, 3.8) is 0 Å². The molecule has 2 aromatic carbocycles. The number of para-hydroxylation sites is 1. The van der Waals surface area contributed by atoms with Gasteiger partial charge in [-0.15, -0.1) is 0 Å². The Bertz CT molecular complexity index is 934. The second-order valence-electron chi connectivity index (χ2n) is 7.36. The predicted octanol–water partition coefficient (Wildman–Crippen LogP) is 3.74. The summed E-state index contributed by atoms with van der Waals surface area (Å²) in [7, 11) is 0.0154. The van der Waals surface area contributed by atoms with Crippen molar-refractivity contribution in [3.05, 3.63) is 53.1 Å². The number of anilines is 2. The van der Waals surface area contributed by atoms with Gasteiger partial charge >= 0.3 is 0 Å². The van der Waals surface area contributed by atoms with E-state index in [4.69, 9.17) is 11.6 Å². The Morgan fingerprint density at radius 3 is 2.15 bits per heavy atom. The summed E-state index contributed by atoms with van der Waals surface area (Å²) in [5.41, 5.74) is 1.02. The Labute approximate surface area is 165 Å². The molecule has 0 heterocycles. The lowest BCUT2D eigenvalue weighted by atomic mass is 10.1. The summed E-state index contributed by atoms with van der Waals surface area (Å²) < 4.78 is 27.3. The number of halogens is 1. The molecule has 0 bridgehead atoms. The highest BCUT2D eigenvalue weighted by Crippen LogP contribution is 2.32. The Morgan fingerprint density at radius 2 is 1.63 bits per heavy atom. The van der Waals surface area contributed by atoms with Crippen molar-refractivity contribution in [2.75, 3.05) is 24.3 Å². The summed E-state index contributed by atoms with van der Waals surface area (Å²) in [5, 5.41) is 3.34. The SMILES string of the molecule is CN(C)c1c(Cl)cccc1NC(=O)c1ccc(S(=O)(=O)NC(C)(C)C)cc1. The van der Waals surface area contributed by atoms with Gasteiger partial charge < -0.3 is 10.2 Å². The maximum atomic E-state index is 12.6. The number of nitrogens with zero attached hydrogens (tertiary/aromatic N) is 1. The quantitative estimate of drug-likeness (QED) is 0.788. The van der Waals surface area contributed by atoms with Crippen molar-refractivity contribution in [1.29, 1.82) is 0 Å². The zero-order valence-electron chi connectivity index (χ0n) is 16.0. The Morgan fingerprint density at radius 1 is 1.04 bits per heavy atom. The van der Waals surface area contributed by atoms with Crippen LogP contribution in [0.25, 0.3) is 0 Å². The summed E-state index contributed by atoms with van der Waals surface area (Å²) in [6.45, 7) is 5.29. The van der Waals surface area contributed by atoms with Crippen LogP contribution in [-0.4, -0.2) is 34.0 Å². The van der Waals surface area contributed by atoms with Gasteiger partial charge in [0.15, 0.2) is 0 Å². The van der Waals surface area contributed by atoms with Crippen molar-refractivity contribution in [2.24, 2.45) is 0 Å². The first-order valence-electron chi connectivity index (χ1n) is 8.32. The summed E-state index contributed by atoms with van der Waals surface area (Å²) in [6, 6.07) is 11.0. The van der Waals surface area contributed by atoms with Crippen LogP contribution in [0.5, 0.6) is 0 Å². The molecule has 1 amide bonds. The van der Waals surface area contributed by atoms with Crippen LogP contribution in [0.2, 0.25) is 5.02 Å². The molecule has 0 aromatic heterocycles. The van der Waals surface area contributed by atoms with Crippen molar-refractivity contribution < 1.29 is 13.2 Å². The number of carbonyl (C=O) groups excluding carboxylic acids is 1. The largest absolute Gasteiger partial charge is 0.375 e. The Balaban J connectivity index is 2.24. The molecule has 0 aliphatic rings. The molecule has 0 unspecified atom stereocenters. The molecule has 2 aromatic rings. The third-order valence-corrected chi connectivity index (χ3v) is 5.63. The molecule has 2 rings (SSSR count). The number of benzene rings is 2. The molecule has 0 radical (unpaired) electrons. The third-order valence-electron chi connectivity index (χ3n) is 3.55. The van der Waals surface area contributed by atoms with E-state index in [-0.39, 0.29) is 10.8 Å². The average Bonchev–Trinajstić information content (AvgIpc) is 2.52. The minimum atomic E-state index is -3.65. The van der Waals surface area contributed by atoms with E-state index < -0.39 is 15.6 Å². The summed E-state index contributed by atoms with van der Waals surface area (Å²) in [5.74, 6) is -0.354. The van der Waals surface area contributed by atoms with E-state index in [1.165, 1.54) is 24.3 Å². The molecular weight excluding hydrogens is 386 g/mol. The van der Waals surface area contributed by atoms with Crippen LogP contribution in [0.3, 0.4) is 0 Å². The molecule has 0 spiro atoms. The summed E-state index contributed by atoms with van der Waals surface area (Å²) >= 11 is 6.21. The van der Waals surface area contributed by atoms with Gasteiger partial charge in [-0.25, -0.2) is 13.1 Å².